The van der Waals surface area contributed by atoms with Gasteiger partial charge < -0.3 is 0 Å². The molecule has 1 amide bonds. The molecule has 3 heteroatoms. The Morgan fingerprint density at radius 2 is 2.33 bits per heavy atom. The van der Waals surface area contributed by atoms with E-state index in [1.165, 1.54) is 0 Å². The highest BCUT2D eigenvalue weighted by molar-refractivity contribution is 5.84. The summed E-state index contributed by atoms with van der Waals surface area (Å²) in [6.45, 7) is 0. The number of halogens is 1. The molecule has 2 nitrogen and oxygen atoms in total. The van der Waals surface area contributed by atoms with Crippen molar-refractivity contribution in [3.05, 3.63) is 12.4 Å². The van der Waals surface area contributed by atoms with Crippen LogP contribution in [0.2, 0.25) is 0 Å². The predicted octanol–water partition coefficient (Wildman–Crippen LogP) is 0.279. The minimum Gasteiger partial charge on any atom is -0.268 e. The van der Waals surface area contributed by atoms with Gasteiger partial charge in [0.2, 0.25) is 0 Å². The average Bonchev–Trinajstić information content (AvgIpc) is 1.35. The molecule has 0 aromatic carbocycles. The zero-order valence-electron chi connectivity index (χ0n) is 2.94. The van der Waals surface area contributed by atoms with E-state index in [1.54, 1.807) is 0 Å². The van der Waals surface area contributed by atoms with Gasteiger partial charge in [0.05, 0.1) is 6.33 Å². The molecule has 1 N–H and O–H groups in total. The van der Waals surface area contributed by atoms with E-state index in [4.69, 9.17) is 5.73 Å². The maximum absolute atomic E-state index is 10.7. The minimum absolute atomic E-state index is 0.0370. The number of hydrogen-bond acceptors (Lipinski definition) is 1. The molecule has 0 bridgehead atoms. The fourth-order valence-electron chi connectivity index (χ4n) is 0.0572. The molecular formula is C3H3FNO. The van der Waals surface area contributed by atoms with Crippen LogP contribution in [0, 0.1) is 0 Å². The number of hydrogen-bond donors (Lipinski definition) is 0. The molecule has 0 saturated carbocycles. The summed E-state index contributed by atoms with van der Waals surface area (Å²) < 4.78 is 10.7. The standard InChI is InChI=1S/C3H3FNO/c4-2-1-3(5)6/h1-2,5H. The Labute approximate surface area is 34.4 Å². The molecule has 0 aromatic rings. The fourth-order valence-corrected chi connectivity index (χ4v) is 0.0572. The van der Waals surface area contributed by atoms with Crippen LogP contribution < -0.4 is 5.73 Å². The molecule has 0 atom stereocenters. The van der Waals surface area contributed by atoms with Gasteiger partial charge in [-0.2, -0.15) is 0 Å². The predicted molar refractivity (Wildman–Crippen MR) is 18.4 cm³/mol. The monoisotopic (exact) mass is 88.0 g/mol. The molecule has 0 aliphatic carbocycles. The maximum atomic E-state index is 10.7. The van der Waals surface area contributed by atoms with Crippen molar-refractivity contribution < 1.29 is 9.18 Å². The van der Waals surface area contributed by atoms with Gasteiger partial charge in [-0.3, -0.25) is 10.5 Å². The lowest BCUT2D eigenvalue weighted by molar-refractivity contribution is -0.114. The van der Waals surface area contributed by atoms with Gasteiger partial charge in [0.1, 0.15) is 0 Å². The molecule has 0 heterocycles. The first-order valence-corrected chi connectivity index (χ1v) is 1.29. The third kappa shape index (κ3) is 3.14. The van der Waals surface area contributed by atoms with Crippen LogP contribution in [0.25, 0.3) is 0 Å². The van der Waals surface area contributed by atoms with E-state index in [-0.39, 0.29) is 6.33 Å². The van der Waals surface area contributed by atoms with Gasteiger partial charge in [0, 0.05) is 6.08 Å². The van der Waals surface area contributed by atoms with E-state index in [1.807, 2.05) is 0 Å². The highest BCUT2D eigenvalue weighted by Gasteiger charge is 1.77. The van der Waals surface area contributed by atoms with Crippen LogP contribution in [0.4, 0.5) is 4.39 Å². The quantitative estimate of drug-likeness (QED) is 0.424. The Bertz CT molecular complexity index is 78.9. The summed E-state index contributed by atoms with van der Waals surface area (Å²) in [5.74, 6) is -1.02. The van der Waals surface area contributed by atoms with E-state index in [2.05, 4.69) is 0 Å². The van der Waals surface area contributed by atoms with Crippen LogP contribution in [0.1, 0.15) is 0 Å². The van der Waals surface area contributed by atoms with Crippen LogP contribution in [0.15, 0.2) is 12.4 Å². The second kappa shape index (κ2) is 2.38. The van der Waals surface area contributed by atoms with Crippen LogP contribution in [0.5, 0.6) is 0 Å². The van der Waals surface area contributed by atoms with Crippen molar-refractivity contribution in [1.82, 2.24) is 5.73 Å². The van der Waals surface area contributed by atoms with Gasteiger partial charge >= 0.3 is 0 Å². The van der Waals surface area contributed by atoms with Gasteiger partial charge in [-0.1, -0.05) is 0 Å². The third-order valence-corrected chi connectivity index (χ3v) is 0.214. The Balaban J connectivity index is 3.30. The first-order valence-electron chi connectivity index (χ1n) is 1.29. The second-order valence-corrected chi connectivity index (χ2v) is 0.657. The van der Waals surface area contributed by atoms with Crippen LogP contribution in [-0.4, -0.2) is 5.91 Å². The summed E-state index contributed by atoms with van der Waals surface area (Å²) in [5, 5.41) is 0. The summed E-state index contributed by atoms with van der Waals surface area (Å²) in [5.41, 5.74) is 6.01. The first-order chi connectivity index (χ1) is 2.77. The van der Waals surface area contributed by atoms with Gasteiger partial charge in [-0.25, -0.2) is 4.39 Å². The lowest BCUT2D eigenvalue weighted by Gasteiger charge is -1.65. The zero-order chi connectivity index (χ0) is 4.99. The van der Waals surface area contributed by atoms with Gasteiger partial charge in [0.25, 0.3) is 5.91 Å². The van der Waals surface area contributed by atoms with Crippen LogP contribution in [0.3, 0.4) is 0 Å². The zero-order valence-corrected chi connectivity index (χ0v) is 2.94. The van der Waals surface area contributed by atoms with E-state index < -0.39 is 5.91 Å². The van der Waals surface area contributed by atoms with Crippen molar-refractivity contribution >= 4 is 5.91 Å². The highest BCUT2D eigenvalue weighted by atomic mass is 19.1. The van der Waals surface area contributed by atoms with Gasteiger partial charge in [0.15, 0.2) is 0 Å². The number of carbonyl (C=O) groups is 1. The van der Waals surface area contributed by atoms with Crippen molar-refractivity contribution in [3.8, 4) is 0 Å². The third-order valence-electron chi connectivity index (χ3n) is 0.214. The molecule has 0 unspecified atom stereocenters. The Kier molecular flexibility index (Phi) is 2.04. The summed E-state index contributed by atoms with van der Waals surface area (Å²) in [6.07, 6.45) is 0.565. The molecule has 0 aliphatic rings. The molecule has 0 fully saturated rings. The second-order valence-electron chi connectivity index (χ2n) is 0.657. The summed E-state index contributed by atoms with van der Waals surface area (Å²) in [7, 11) is 0. The summed E-state index contributed by atoms with van der Waals surface area (Å²) >= 11 is 0. The molecule has 33 valence electrons. The van der Waals surface area contributed by atoms with Gasteiger partial charge in [-0.05, 0) is 0 Å². The molecule has 0 spiro atoms. The molecule has 0 rings (SSSR count). The fraction of sp³-hybridized carbons (Fsp3) is 0. The molecule has 6 heavy (non-hydrogen) atoms. The smallest absolute Gasteiger partial charge is 0.264 e. The first kappa shape index (κ1) is 5.14. The Morgan fingerprint density at radius 3 is 2.33 bits per heavy atom. The summed E-state index contributed by atoms with van der Waals surface area (Å²) in [6, 6.07) is 0. The van der Waals surface area contributed by atoms with E-state index in [9.17, 15) is 9.18 Å². The van der Waals surface area contributed by atoms with Crippen molar-refractivity contribution in [2.24, 2.45) is 0 Å². The normalized spacial score (nSPS) is 9.50. The molecule has 0 aromatic heterocycles. The van der Waals surface area contributed by atoms with Crippen molar-refractivity contribution in [2.75, 3.05) is 0 Å². The van der Waals surface area contributed by atoms with Crippen molar-refractivity contribution in [3.63, 3.8) is 0 Å². The maximum Gasteiger partial charge on any atom is 0.264 e. The minimum atomic E-state index is -1.02. The van der Waals surface area contributed by atoms with E-state index in [0.717, 1.165) is 0 Å². The van der Waals surface area contributed by atoms with E-state index in [0.29, 0.717) is 6.08 Å². The van der Waals surface area contributed by atoms with Crippen LogP contribution >= 0.6 is 0 Å². The van der Waals surface area contributed by atoms with Crippen LogP contribution in [-0.2, 0) is 4.79 Å². The van der Waals surface area contributed by atoms with Crippen molar-refractivity contribution in [1.29, 1.82) is 0 Å². The molecule has 0 aliphatic heterocycles. The van der Waals surface area contributed by atoms with E-state index >= 15 is 0 Å². The number of rotatable bonds is 1. The summed E-state index contributed by atoms with van der Waals surface area (Å²) in [4.78, 5) is 9.38. The SMILES string of the molecule is [NH]C(=O)C=CF. The van der Waals surface area contributed by atoms with Crippen molar-refractivity contribution in [2.45, 2.75) is 0 Å². The number of carbonyl (C=O) groups excluding carboxylic acids is 1. The Morgan fingerprint density at radius 1 is 1.83 bits per heavy atom. The Hall–Kier alpha value is -0.860. The lowest BCUT2D eigenvalue weighted by Crippen LogP contribution is -1.87. The highest BCUT2D eigenvalue weighted by Crippen LogP contribution is 1.68. The largest absolute Gasteiger partial charge is 0.268 e. The number of amides is 1. The topological polar surface area (TPSA) is 40.9 Å². The van der Waals surface area contributed by atoms with Gasteiger partial charge in [-0.15, -0.1) is 0 Å². The molecule has 1 radical (unpaired) electrons. The lowest BCUT2D eigenvalue weighted by atomic mass is 10.6. The molecule has 0 saturated heterocycles. The molecular weight excluding hydrogens is 85.0 g/mol. The average molecular weight is 88.1 g/mol. The number of nitrogens with one attached hydrogen (secondary N) is 1.